The lowest BCUT2D eigenvalue weighted by Crippen LogP contribution is -2.41. The van der Waals surface area contributed by atoms with Gasteiger partial charge in [-0.2, -0.15) is 0 Å². The van der Waals surface area contributed by atoms with Gasteiger partial charge in [-0.3, -0.25) is 5.43 Å². The quantitative estimate of drug-likeness (QED) is 0.312. The van der Waals surface area contributed by atoms with Gasteiger partial charge in [-0.1, -0.05) is 19.8 Å². The Labute approximate surface area is 67.3 Å². The minimum absolute atomic E-state index is 0.302. The zero-order valence-corrected chi connectivity index (χ0v) is 7.13. The molecule has 0 aliphatic heterocycles. The summed E-state index contributed by atoms with van der Waals surface area (Å²) in [6.07, 6.45) is 3.63. The molecule has 0 radical (unpaired) electrons. The summed E-state index contributed by atoms with van der Waals surface area (Å²) in [6, 6.07) is 0. The van der Waals surface area contributed by atoms with Crippen molar-refractivity contribution in [2.75, 3.05) is 6.54 Å². The van der Waals surface area contributed by atoms with Gasteiger partial charge in [0.05, 0.1) is 0 Å². The highest BCUT2D eigenvalue weighted by Crippen LogP contribution is 1.89. The van der Waals surface area contributed by atoms with Crippen LogP contribution in [-0.2, 0) is 0 Å². The number of hydrogen-bond donors (Lipinski definition) is 3. The van der Waals surface area contributed by atoms with Gasteiger partial charge in [0.2, 0.25) is 0 Å². The lowest BCUT2D eigenvalue weighted by molar-refractivity contribution is 0.594. The molecule has 3 nitrogen and oxygen atoms in total. The zero-order chi connectivity index (χ0) is 7.82. The molecule has 0 saturated heterocycles. The minimum Gasteiger partial charge on any atom is -0.375 e. The highest BCUT2D eigenvalue weighted by molar-refractivity contribution is 7.80. The molecule has 0 fully saturated rings. The molecule has 0 saturated carbocycles. The van der Waals surface area contributed by atoms with Gasteiger partial charge < -0.3 is 5.73 Å². The van der Waals surface area contributed by atoms with Gasteiger partial charge in [-0.15, -0.1) is 0 Å². The van der Waals surface area contributed by atoms with Crippen molar-refractivity contribution in [3.63, 3.8) is 0 Å². The number of unbranched alkanes of at least 4 members (excludes halogenated alkanes) is 2. The Morgan fingerprint density at radius 3 is 2.70 bits per heavy atom. The Balaban J connectivity index is 2.84. The van der Waals surface area contributed by atoms with Crippen LogP contribution >= 0.6 is 12.2 Å². The van der Waals surface area contributed by atoms with Crippen molar-refractivity contribution in [2.24, 2.45) is 5.73 Å². The Morgan fingerprint density at radius 1 is 1.50 bits per heavy atom. The van der Waals surface area contributed by atoms with Crippen molar-refractivity contribution < 1.29 is 0 Å². The van der Waals surface area contributed by atoms with Crippen LogP contribution in [0.25, 0.3) is 0 Å². The van der Waals surface area contributed by atoms with Crippen LogP contribution < -0.4 is 16.6 Å². The summed E-state index contributed by atoms with van der Waals surface area (Å²) in [5, 5.41) is 0.302. The van der Waals surface area contributed by atoms with Crippen LogP contribution in [0.1, 0.15) is 26.2 Å². The molecule has 0 spiro atoms. The first-order valence-electron chi connectivity index (χ1n) is 3.55. The molecule has 0 aromatic carbocycles. The van der Waals surface area contributed by atoms with Crippen molar-refractivity contribution in [1.82, 2.24) is 10.9 Å². The first kappa shape index (κ1) is 9.65. The van der Waals surface area contributed by atoms with Gasteiger partial charge in [0, 0.05) is 6.54 Å². The molecule has 0 unspecified atom stereocenters. The fourth-order valence-electron chi connectivity index (χ4n) is 0.613. The van der Waals surface area contributed by atoms with Gasteiger partial charge in [0.15, 0.2) is 5.11 Å². The summed E-state index contributed by atoms with van der Waals surface area (Å²) in [5.74, 6) is 0. The maximum Gasteiger partial charge on any atom is 0.178 e. The van der Waals surface area contributed by atoms with Crippen LogP contribution in [-0.4, -0.2) is 11.7 Å². The zero-order valence-electron chi connectivity index (χ0n) is 6.31. The van der Waals surface area contributed by atoms with Crippen LogP contribution in [0.15, 0.2) is 0 Å². The maximum absolute atomic E-state index is 5.17. The SMILES string of the molecule is CCCCCNNC(N)=S. The number of hydrazine groups is 1. The number of nitrogens with one attached hydrogen (secondary N) is 2. The highest BCUT2D eigenvalue weighted by Gasteiger charge is 1.85. The van der Waals surface area contributed by atoms with Gasteiger partial charge in [0.25, 0.3) is 0 Å². The molecule has 4 heteroatoms. The molecule has 0 aromatic heterocycles. The van der Waals surface area contributed by atoms with E-state index in [4.69, 9.17) is 5.73 Å². The molecule has 0 aromatic rings. The van der Waals surface area contributed by atoms with Crippen LogP contribution in [0, 0.1) is 0 Å². The third-order valence-electron chi connectivity index (χ3n) is 1.12. The topological polar surface area (TPSA) is 50.1 Å². The Hall–Kier alpha value is -0.350. The van der Waals surface area contributed by atoms with E-state index in [0.717, 1.165) is 13.0 Å². The maximum atomic E-state index is 5.17. The van der Waals surface area contributed by atoms with Crippen LogP contribution in [0.4, 0.5) is 0 Å². The van der Waals surface area contributed by atoms with E-state index in [2.05, 4.69) is 30.0 Å². The van der Waals surface area contributed by atoms with E-state index in [1.807, 2.05) is 0 Å². The molecular formula is C6H15N3S. The summed E-state index contributed by atoms with van der Waals surface area (Å²) in [4.78, 5) is 0. The molecular weight excluding hydrogens is 146 g/mol. The summed E-state index contributed by atoms with van der Waals surface area (Å²) in [7, 11) is 0. The van der Waals surface area contributed by atoms with Crippen LogP contribution in [0.2, 0.25) is 0 Å². The second kappa shape index (κ2) is 6.77. The summed E-state index contributed by atoms with van der Waals surface area (Å²) in [5.41, 5.74) is 10.7. The van der Waals surface area contributed by atoms with Gasteiger partial charge in [-0.25, -0.2) is 5.43 Å². The number of rotatable bonds is 5. The number of thiocarbonyl (C=S) groups is 1. The molecule has 0 amide bonds. The third-order valence-corrected chi connectivity index (χ3v) is 1.22. The number of nitrogens with two attached hydrogens (primary N) is 1. The monoisotopic (exact) mass is 161 g/mol. The average molecular weight is 161 g/mol. The predicted octanol–water partition coefficient (Wildman–Crippen LogP) is 0.514. The van der Waals surface area contributed by atoms with E-state index in [-0.39, 0.29) is 0 Å². The van der Waals surface area contributed by atoms with Crippen molar-refractivity contribution >= 4 is 17.3 Å². The molecule has 0 heterocycles. The summed E-state index contributed by atoms with van der Waals surface area (Å²) < 4.78 is 0. The van der Waals surface area contributed by atoms with Gasteiger partial charge in [0.1, 0.15) is 0 Å². The molecule has 0 aliphatic carbocycles. The normalized spacial score (nSPS) is 9.30. The van der Waals surface area contributed by atoms with Crippen LogP contribution in [0.5, 0.6) is 0 Å². The molecule has 0 atom stereocenters. The van der Waals surface area contributed by atoms with Crippen molar-refractivity contribution in [1.29, 1.82) is 0 Å². The first-order valence-corrected chi connectivity index (χ1v) is 3.96. The largest absolute Gasteiger partial charge is 0.375 e. The summed E-state index contributed by atoms with van der Waals surface area (Å²) >= 11 is 4.58. The molecule has 0 aliphatic rings. The smallest absolute Gasteiger partial charge is 0.178 e. The van der Waals surface area contributed by atoms with E-state index < -0.39 is 0 Å². The fourth-order valence-corrected chi connectivity index (χ4v) is 0.685. The molecule has 60 valence electrons. The van der Waals surface area contributed by atoms with Crippen LogP contribution in [0.3, 0.4) is 0 Å². The Morgan fingerprint density at radius 2 is 2.20 bits per heavy atom. The summed E-state index contributed by atoms with van der Waals surface area (Å²) in [6.45, 7) is 3.09. The molecule has 4 N–H and O–H groups in total. The van der Waals surface area contributed by atoms with Crippen molar-refractivity contribution in [2.45, 2.75) is 26.2 Å². The molecule has 0 rings (SSSR count). The second-order valence-electron chi connectivity index (χ2n) is 2.12. The fraction of sp³-hybridized carbons (Fsp3) is 0.833. The number of hydrogen-bond acceptors (Lipinski definition) is 2. The Kier molecular flexibility index (Phi) is 6.53. The van der Waals surface area contributed by atoms with Crippen molar-refractivity contribution in [3.05, 3.63) is 0 Å². The van der Waals surface area contributed by atoms with E-state index in [1.165, 1.54) is 12.8 Å². The minimum atomic E-state index is 0.302. The molecule has 10 heavy (non-hydrogen) atoms. The van der Waals surface area contributed by atoms with Crippen molar-refractivity contribution in [3.8, 4) is 0 Å². The first-order chi connectivity index (χ1) is 4.77. The third kappa shape index (κ3) is 7.65. The Bertz CT molecular complexity index is 95.0. The molecule has 0 bridgehead atoms. The van der Waals surface area contributed by atoms with E-state index in [1.54, 1.807) is 0 Å². The average Bonchev–Trinajstić information content (AvgIpc) is 1.87. The second-order valence-corrected chi connectivity index (χ2v) is 2.56. The van der Waals surface area contributed by atoms with E-state index >= 15 is 0 Å². The standard InChI is InChI=1S/C6H15N3S/c1-2-3-4-5-8-9-6(7)10/h8H,2-5H2,1H3,(H3,7,9,10). The van der Waals surface area contributed by atoms with E-state index in [9.17, 15) is 0 Å². The highest BCUT2D eigenvalue weighted by atomic mass is 32.1. The lowest BCUT2D eigenvalue weighted by atomic mass is 10.2. The van der Waals surface area contributed by atoms with Gasteiger partial charge in [-0.05, 0) is 18.6 Å². The lowest BCUT2D eigenvalue weighted by Gasteiger charge is -2.04. The van der Waals surface area contributed by atoms with Gasteiger partial charge >= 0.3 is 0 Å². The predicted molar refractivity (Wildman–Crippen MR) is 47.4 cm³/mol. The van der Waals surface area contributed by atoms with E-state index in [0.29, 0.717) is 5.11 Å².